The molecule has 66 valence electrons. The molecular weight excluding hydrogens is 188 g/mol. The Morgan fingerprint density at radius 2 is 2.38 bits per heavy atom. The number of rotatable bonds is 2. The van der Waals surface area contributed by atoms with Gasteiger partial charge in [0.15, 0.2) is 0 Å². The Bertz CT molecular complexity index is 367. The fraction of sp³-hybridized carbons (Fsp3) is 0.375. The van der Waals surface area contributed by atoms with E-state index in [9.17, 15) is 0 Å². The molecule has 1 aliphatic carbocycles. The standard InChI is InChI=1S/C8H7ClN4/c9-8-11-4-5(3-10)7(13-8)12-6-1-2-6/h4,6H,1-2H2,(H,11,12,13). The van der Waals surface area contributed by atoms with Crippen LogP contribution in [-0.4, -0.2) is 16.0 Å². The maximum atomic E-state index is 8.73. The second kappa shape index (κ2) is 3.19. The fourth-order valence-electron chi connectivity index (χ4n) is 0.973. The van der Waals surface area contributed by atoms with Crippen LogP contribution >= 0.6 is 11.6 Å². The van der Waals surface area contributed by atoms with E-state index in [0.29, 0.717) is 17.4 Å². The number of anilines is 1. The Morgan fingerprint density at radius 3 is 3.00 bits per heavy atom. The van der Waals surface area contributed by atoms with Gasteiger partial charge in [0.25, 0.3) is 0 Å². The Hall–Kier alpha value is -1.34. The van der Waals surface area contributed by atoms with E-state index in [1.165, 1.54) is 6.20 Å². The summed E-state index contributed by atoms with van der Waals surface area (Å²) in [4.78, 5) is 7.67. The van der Waals surface area contributed by atoms with Gasteiger partial charge in [-0.25, -0.2) is 4.98 Å². The van der Waals surface area contributed by atoms with Crippen LogP contribution in [0.15, 0.2) is 6.20 Å². The Labute approximate surface area is 80.6 Å². The molecule has 2 rings (SSSR count). The predicted molar refractivity (Wildman–Crippen MR) is 48.4 cm³/mol. The summed E-state index contributed by atoms with van der Waals surface area (Å²) in [5.41, 5.74) is 0.441. The highest BCUT2D eigenvalue weighted by atomic mass is 35.5. The van der Waals surface area contributed by atoms with E-state index in [-0.39, 0.29) is 5.28 Å². The number of halogens is 1. The first-order valence-corrected chi connectivity index (χ1v) is 4.36. The average molecular weight is 195 g/mol. The highest BCUT2D eigenvalue weighted by molar-refractivity contribution is 6.28. The lowest BCUT2D eigenvalue weighted by atomic mass is 10.3. The third-order valence-electron chi connectivity index (χ3n) is 1.80. The minimum Gasteiger partial charge on any atom is -0.366 e. The van der Waals surface area contributed by atoms with Gasteiger partial charge in [-0.3, -0.25) is 0 Å². The van der Waals surface area contributed by atoms with Crippen molar-refractivity contribution in [2.45, 2.75) is 18.9 Å². The van der Waals surface area contributed by atoms with E-state index >= 15 is 0 Å². The second-order valence-corrected chi connectivity index (χ2v) is 3.27. The van der Waals surface area contributed by atoms with Gasteiger partial charge in [-0.2, -0.15) is 10.2 Å². The summed E-state index contributed by atoms with van der Waals surface area (Å²) in [5, 5.41) is 12.0. The lowest BCUT2D eigenvalue weighted by molar-refractivity contribution is 1.07. The van der Waals surface area contributed by atoms with Gasteiger partial charge in [-0.1, -0.05) is 0 Å². The summed E-state index contributed by atoms with van der Waals surface area (Å²) >= 11 is 5.61. The van der Waals surface area contributed by atoms with Gasteiger partial charge in [0, 0.05) is 6.04 Å². The van der Waals surface area contributed by atoms with Crippen molar-refractivity contribution in [2.75, 3.05) is 5.32 Å². The third kappa shape index (κ3) is 1.87. The summed E-state index contributed by atoms with van der Waals surface area (Å²) in [6.45, 7) is 0. The number of aromatic nitrogens is 2. The Kier molecular flexibility index (Phi) is 2.03. The first kappa shape index (κ1) is 8.27. The molecule has 0 unspecified atom stereocenters. The molecule has 1 aromatic rings. The van der Waals surface area contributed by atoms with Crippen molar-refractivity contribution in [3.05, 3.63) is 17.0 Å². The van der Waals surface area contributed by atoms with E-state index < -0.39 is 0 Å². The van der Waals surface area contributed by atoms with Crippen LogP contribution in [0.3, 0.4) is 0 Å². The van der Waals surface area contributed by atoms with Crippen LogP contribution in [0.5, 0.6) is 0 Å². The minimum absolute atomic E-state index is 0.169. The maximum Gasteiger partial charge on any atom is 0.224 e. The van der Waals surface area contributed by atoms with Crippen LogP contribution in [0.4, 0.5) is 5.82 Å². The van der Waals surface area contributed by atoms with Crippen LogP contribution in [0, 0.1) is 11.3 Å². The molecule has 0 aromatic carbocycles. The first-order chi connectivity index (χ1) is 6.29. The van der Waals surface area contributed by atoms with Crippen LogP contribution in [0.1, 0.15) is 18.4 Å². The molecule has 0 saturated heterocycles. The van der Waals surface area contributed by atoms with Crippen molar-refractivity contribution < 1.29 is 0 Å². The number of nitrogens with one attached hydrogen (secondary N) is 1. The highest BCUT2D eigenvalue weighted by Gasteiger charge is 2.22. The van der Waals surface area contributed by atoms with Crippen molar-refractivity contribution in [2.24, 2.45) is 0 Å². The molecule has 0 atom stereocenters. The number of hydrogen-bond donors (Lipinski definition) is 1. The third-order valence-corrected chi connectivity index (χ3v) is 1.98. The molecule has 0 bridgehead atoms. The van der Waals surface area contributed by atoms with E-state index in [1.54, 1.807) is 0 Å². The summed E-state index contributed by atoms with van der Waals surface area (Å²) < 4.78 is 0. The molecule has 1 saturated carbocycles. The number of nitrogens with zero attached hydrogens (tertiary/aromatic N) is 3. The van der Waals surface area contributed by atoms with E-state index in [1.807, 2.05) is 6.07 Å². The first-order valence-electron chi connectivity index (χ1n) is 3.99. The highest BCUT2D eigenvalue weighted by Crippen LogP contribution is 2.25. The van der Waals surface area contributed by atoms with Gasteiger partial charge >= 0.3 is 0 Å². The van der Waals surface area contributed by atoms with Crippen molar-refractivity contribution in [3.63, 3.8) is 0 Å². The van der Waals surface area contributed by atoms with Crippen LogP contribution in [0.25, 0.3) is 0 Å². The summed E-state index contributed by atoms with van der Waals surface area (Å²) in [6, 6.07) is 2.47. The van der Waals surface area contributed by atoms with E-state index in [4.69, 9.17) is 16.9 Å². The summed E-state index contributed by atoms with van der Waals surface area (Å²) in [6.07, 6.45) is 3.69. The molecule has 0 spiro atoms. The fourth-order valence-corrected chi connectivity index (χ4v) is 1.11. The molecule has 4 nitrogen and oxygen atoms in total. The molecule has 0 aliphatic heterocycles. The molecule has 13 heavy (non-hydrogen) atoms. The maximum absolute atomic E-state index is 8.73. The zero-order valence-electron chi connectivity index (χ0n) is 6.79. The van der Waals surface area contributed by atoms with Crippen molar-refractivity contribution in [3.8, 4) is 6.07 Å². The Morgan fingerprint density at radius 1 is 1.62 bits per heavy atom. The van der Waals surface area contributed by atoms with Gasteiger partial charge in [-0.15, -0.1) is 0 Å². The van der Waals surface area contributed by atoms with E-state index in [2.05, 4.69) is 15.3 Å². The normalized spacial score (nSPS) is 15.1. The van der Waals surface area contributed by atoms with Crippen LogP contribution < -0.4 is 5.32 Å². The van der Waals surface area contributed by atoms with Gasteiger partial charge < -0.3 is 5.32 Å². The van der Waals surface area contributed by atoms with Gasteiger partial charge in [0.2, 0.25) is 5.28 Å². The minimum atomic E-state index is 0.169. The molecule has 0 amide bonds. The van der Waals surface area contributed by atoms with Gasteiger partial charge in [-0.05, 0) is 24.4 Å². The SMILES string of the molecule is N#Cc1cnc(Cl)nc1NC1CC1. The quantitative estimate of drug-likeness (QED) is 0.727. The van der Waals surface area contributed by atoms with Crippen molar-refractivity contribution in [1.29, 1.82) is 5.26 Å². The predicted octanol–water partition coefficient (Wildman–Crippen LogP) is 1.58. The molecule has 1 N–H and O–H groups in total. The molecule has 0 radical (unpaired) electrons. The summed E-state index contributed by atoms with van der Waals surface area (Å²) in [5.74, 6) is 0.546. The smallest absolute Gasteiger partial charge is 0.224 e. The molecule has 1 aliphatic rings. The largest absolute Gasteiger partial charge is 0.366 e. The molecule has 1 fully saturated rings. The topological polar surface area (TPSA) is 61.6 Å². The molecular formula is C8H7ClN4. The summed E-state index contributed by atoms with van der Waals surface area (Å²) in [7, 11) is 0. The number of hydrogen-bond acceptors (Lipinski definition) is 4. The average Bonchev–Trinajstić information content (AvgIpc) is 2.89. The molecule has 1 heterocycles. The van der Waals surface area contributed by atoms with Gasteiger partial charge in [0.1, 0.15) is 17.5 Å². The zero-order chi connectivity index (χ0) is 9.26. The lowest BCUT2D eigenvalue weighted by Crippen LogP contribution is -2.05. The van der Waals surface area contributed by atoms with Crippen molar-refractivity contribution >= 4 is 17.4 Å². The van der Waals surface area contributed by atoms with E-state index in [0.717, 1.165) is 12.8 Å². The van der Waals surface area contributed by atoms with Crippen LogP contribution in [0.2, 0.25) is 5.28 Å². The zero-order valence-corrected chi connectivity index (χ0v) is 7.54. The van der Waals surface area contributed by atoms with Crippen molar-refractivity contribution in [1.82, 2.24) is 9.97 Å². The van der Waals surface area contributed by atoms with Gasteiger partial charge in [0.05, 0.1) is 6.20 Å². The molecule has 1 aromatic heterocycles. The number of nitriles is 1. The second-order valence-electron chi connectivity index (χ2n) is 2.93. The van der Waals surface area contributed by atoms with Crippen LogP contribution in [-0.2, 0) is 0 Å². The lowest BCUT2D eigenvalue weighted by Gasteiger charge is -2.04. The monoisotopic (exact) mass is 194 g/mol. The molecule has 5 heteroatoms. The Balaban J connectivity index is 2.29.